The third-order valence-electron chi connectivity index (χ3n) is 3.67. The molecule has 1 aliphatic heterocycles. The van der Waals surface area contributed by atoms with Gasteiger partial charge in [0.05, 0.1) is 6.54 Å². The fraction of sp³-hybridized carbons (Fsp3) is 0.625. The summed E-state index contributed by atoms with van der Waals surface area (Å²) in [6.07, 6.45) is 1.20. The van der Waals surface area contributed by atoms with E-state index >= 15 is 0 Å². The zero-order valence-corrected chi connectivity index (χ0v) is 15.5. The van der Waals surface area contributed by atoms with Crippen molar-refractivity contribution < 1.29 is 14.3 Å². The van der Waals surface area contributed by atoms with Crippen LogP contribution in [0.5, 0.6) is 0 Å². The van der Waals surface area contributed by atoms with Gasteiger partial charge in [-0.25, -0.2) is 4.79 Å². The molecule has 4 N–H and O–H groups in total. The lowest BCUT2D eigenvalue weighted by molar-refractivity contribution is 0.0186. The highest BCUT2D eigenvalue weighted by Gasteiger charge is 2.26. The molecule has 1 saturated heterocycles. The van der Waals surface area contributed by atoms with Crippen molar-refractivity contribution in [2.24, 2.45) is 10.7 Å². The van der Waals surface area contributed by atoms with Crippen molar-refractivity contribution in [3.05, 3.63) is 18.0 Å². The van der Waals surface area contributed by atoms with E-state index in [1.807, 2.05) is 25.7 Å². The molecule has 0 spiro atoms. The Labute approximate surface area is 152 Å². The van der Waals surface area contributed by atoms with Crippen molar-refractivity contribution >= 4 is 18.0 Å². The van der Waals surface area contributed by atoms with Gasteiger partial charge in [-0.15, -0.1) is 0 Å². The number of guanidine groups is 1. The predicted octanol–water partition coefficient (Wildman–Crippen LogP) is 0.00690. The molecule has 0 saturated carbocycles. The summed E-state index contributed by atoms with van der Waals surface area (Å²) in [7, 11) is 0. The van der Waals surface area contributed by atoms with Gasteiger partial charge in [0.25, 0.3) is 5.91 Å². The molecule has 1 aromatic rings. The number of ether oxygens (including phenoxy) is 1. The summed E-state index contributed by atoms with van der Waals surface area (Å²) in [5.41, 5.74) is 5.89. The summed E-state index contributed by atoms with van der Waals surface area (Å²) in [4.78, 5) is 31.6. The summed E-state index contributed by atoms with van der Waals surface area (Å²) in [6.45, 7) is 8.52. The number of carbonyl (C=O) groups excluding carboxylic acids is 2. The normalized spacial score (nSPS) is 15.7. The van der Waals surface area contributed by atoms with Crippen LogP contribution in [0.25, 0.3) is 0 Å². The number of nitrogens with two attached hydrogens (primary N) is 1. The Hall–Kier alpha value is -2.78. The molecule has 1 aromatic heterocycles. The number of aliphatic imine (C=N–C) groups is 1. The highest BCUT2D eigenvalue weighted by molar-refractivity contribution is 5.92. The van der Waals surface area contributed by atoms with Crippen LogP contribution in [-0.2, 0) is 4.74 Å². The minimum atomic E-state index is -0.505. The molecule has 0 radical (unpaired) electrons. The summed E-state index contributed by atoms with van der Waals surface area (Å²) in [5.74, 6) is 0.173. The highest BCUT2D eigenvalue weighted by atomic mass is 16.6. The second-order valence-corrected chi connectivity index (χ2v) is 6.92. The SMILES string of the molecule is CC(C)(C)OC(=O)N1CCN(C(N)=NCCNC(=O)c2ccn[nH]2)CC1. The molecule has 2 amide bonds. The molecular weight excluding hydrogens is 338 g/mol. The van der Waals surface area contributed by atoms with Crippen LogP contribution in [0.4, 0.5) is 4.79 Å². The van der Waals surface area contributed by atoms with Crippen molar-refractivity contribution in [2.75, 3.05) is 39.3 Å². The number of rotatable bonds is 4. The van der Waals surface area contributed by atoms with E-state index in [1.165, 1.54) is 6.20 Å². The molecule has 0 bridgehead atoms. The average Bonchev–Trinajstić information content (AvgIpc) is 3.11. The quantitative estimate of drug-likeness (QED) is 0.391. The predicted molar refractivity (Wildman–Crippen MR) is 96.8 cm³/mol. The molecule has 2 rings (SSSR count). The van der Waals surface area contributed by atoms with E-state index in [2.05, 4.69) is 20.5 Å². The van der Waals surface area contributed by atoms with E-state index < -0.39 is 5.60 Å². The van der Waals surface area contributed by atoms with E-state index in [-0.39, 0.29) is 12.0 Å². The minimum absolute atomic E-state index is 0.234. The standard InChI is InChI=1S/C16H27N7O3/c1-16(2,3)26-15(25)23-10-8-22(9-11-23)14(17)19-7-6-18-13(24)12-4-5-20-21-12/h4-5H,6-11H2,1-3H3,(H2,17,19)(H,18,24)(H,20,21). The maximum atomic E-state index is 12.0. The average molecular weight is 365 g/mol. The van der Waals surface area contributed by atoms with E-state index in [0.717, 1.165) is 0 Å². The lowest BCUT2D eigenvalue weighted by Crippen LogP contribution is -2.53. The summed E-state index contributed by atoms with van der Waals surface area (Å²) in [5, 5.41) is 9.04. The van der Waals surface area contributed by atoms with Gasteiger partial charge in [-0.2, -0.15) is 5.10 Å². The Morgan fingerprint density at radius 2 is 1.96 bits per heavy atom. The van der Waals surface area contributed by atoms with Crippen molar-refractivity contribution in [1.82, 2.24) is 25.3 Å². The van der Waals surface area contributed by atoms with E-state index in [4.69, 9.17) is 10.5 Å². The van der Waals surface area contributed by atoms with Crippen LogP contribution >= 0.6 is 0 Å². The van der Waals surface area contributed by atoms with Gasteiger partial charge in [-0.1, -0.05) is 0 Å². The largest absolute Gasteiger partial charge is 0.444 e. The second kappa shape index (κ2) is 8.54. The first-order chi connectivity index (χ1) is 12.3. The second-order valence-electron chi connectivity index (χ2n) is 6.92. The van der Waals surface area contributed by atoms with Crippen LogP contribution in [0.15, 0.2) is 17.3 Å². The fourth-order valence-electron chi connectivity index (χ4n) is 2.36. The van der Waals surface area contributed by atoms with E-state index in [9.17, 15) is 9.59 Å². The number of hydrogen-bond donors (Lipinski definition) is 3. The monoisotopic (exact) mass is 365 g/mol. The first-order valence-corrected chi connectivity index (χ1v) is 8.56. The first-order valence-electron chi connectivity index (χ1n) is 8.56. The van der Waals surface area contributed by atoms with Gasteiger partial charge < -0.3 is 25.6 Å². The summed E-state index contributed by atoms with van der Waals surface area (Å²) in [6, 6.07) is 1.59. The molecule has 10 nitrogen and oxygen atoms in total. The molecule has 2 heterocycles. The Morgan fingerprint density at radius 1 is 1.31 bits per heavy atom. The van der Waals surface area contributed by atoms with Gasteiger partial charge in [0.15, 0.2) is 5.96 Å². The third kappa shape index (κ3) is 5.94. The lowest BCUT2D eigenvalue weighted by atomic mass is 10.2. The maximum absolute atomic E-state index is 12.0. The van der Waals surface area contributed by atoms with Gasteiger partial charge in [-0.05, 0) is 26.8 Å². The Balaban J connectivity index is 1.70. The van der Waals surface area contributed by atoms with E-state index in [1.54, 1.807) is 11.0 Å². The smallest absolute Gasteiger partial charge is 0.410 e. The van der Waals surface area contributed by atoms with Crippen molar-refractivity contribution in [2.45, 2.75) is 26.4 Å². The van der Waals surface area contributed by atoms with E-state index in [0.29, 0.717) is 50.9 Å². The van der Waals surface area contributed by atoms with Gasteiger partial charge in [0, 0.05) is 38.9 Å². The first kappa shape index (κ1) is 19.5. The van der Waals surface area contributed by atoms with Crippen LogP contribution < -0.4 is 11.1 Å². The Bertz CT molecular complexity index is 629. The van der Waals surface area contributed by atoms with Crippen LogP contribution in [0.2, 0.25) is 0 Å². The fourth-order valence-corrected chi connectivity index (χ4v) is 2.36. The number of piperazine rings is 1. The van der Waals surface area contributed by atoms with Crippen LogP contribution in [-0.4, -0.2) is 82.8 Å². The third-order valence-corrected chi connectivity index (χ3v) is 3.67. The number of aromatic amines is 1. The Morgan fingerprint density at radius 3 is 2.54 bits per heavy atom. The molecule has 10 heteroatoms. The van der Waals surface area contributed by atoms with Crippen molar-refractivity contribution in [3.8, 4) is 0 Å². The van der Waals surface area contributed by atoms with Gasteiger partial charge in [0.2, 0.25) is 0 Å². The minimum Gasteiger partial charge on any atom is -0.444 e. The number of H-pyrrole nitrogens is 1. The van der Waals surface area contributed by atoms with Crippen LogP contribution in [0, 0.1) is 0 Å². The lowest BCUT2D eigenvalue weighted by Gasteiger charge is -2.36. The number of amides is 2. The number of hydrogen-bond acceptors (Lipinski definition) is 5. The number of aromatic nitrogens is 2. The molecule has 0 atom stereocenters. The van der Waals surface area contributed by atoms with Crippen LogP contribution in [0.1, 0.15) is 31.3 Å². The maximum Gasteiger partial charge on any atom is 0.410 e. The summed E-state index contributed by atoms with van der Waals surface area (Å²) >= 11 is 0. The van der Waals surface area contributed by atoms with Gasteiger partial charge >= 0.3 is 6.09 Å². The molecule has 1 fully saturated rings. The summed E-state index contributed by atoms with van der Waals surface area (Å²) < 4.78 is 5.37. The number of nitrogens with zero attached hydrogens (tertiary/aromatic N) is 4. The number of carbonyl (C=O) groups is 2. The van der Waals surface area contributed by atoms with Gasteiger partial charge in [-0.3, -0.25) is 14.9 Å². The molecule has 0 unspecified atom stereocenters. The number of nitrogens with one attached hydrogen (secondary N) is 2. The molecule has 26 heavy (non-hydrogen) atoms. The van der Waals surface area contributed by atoms with Crippen molar-refractivity contribution in [3.63, 3.8) is 0 Å². The molecular formula is C16H27N7O3. The molecule has 0 aliphatic carbocycles. The zero-order valence-electron chi connectivity index (χ0n) is 15.5. The van der Waals surface area contributed by atoms with Gasteiger partial charge in [0.1, 0.15) is 11.3 Å². The molecule has 1 aliphatic rings. The molecule has 0 aromatic carbocycles. The topological polar surface area (TPSA) is 129 Å². The van der Waals surface area contributed by atoms with Crippen LogP contribution in [0.3, 0.4) is 0 Å². The Kier molecular flexibility index (Phi) is 6.42. The zero-order chi connectivity index (χ0) is 19.2. The highest BCUT2D eigenvalue weighted by Crippen LogP contribution is 2.11. The van der Waals surface area contributed by atoms with Crippen molar-refractivity contribution in [1.29, 1.82) is 0 Å². The molecule has 144 valence electrons.